The predicted molar refractivity (Wildman–Crippen MR) is 50.3 cm³/mol. The van der Waals surface area contributed by atoms with Crippen molar-refractivity contribution >= 4 is 0 Å². The van der Waals surface area contributed by atoms with Gasteiger partial charge >= 0.3 is 6.18 Å². The summed E-state index contributed by atoms with van der Waals surface area (Å²) in [5.74, 6) is 0.206. The molecule has 1 unspecified atom stereocenters. The molecule has 0 spiro atoms. The fourth-order valence-electron chi connectivity index (χ4n) is 1.40. The molecule has 1 heterocycles. The summed E-state index contributed by atoms with van der Waals surface area (Å²) in [7, 11) is 0. The molecule has 0 fully saturated rings. The molecule has 0 saturated carbocycles. The zero-order chi connectivity index (χ0) is 11.5. The van der Waals surface area contributed by atoms with Crippen molar-refractivity contribution < 1.29 is 13.2 Å². The van der Waals surface area contributed by atoms with Gasteiger partial charge in [-0.15, -0.1) is 0 Å². The van der Waals surface area contributed by atoms with E-state index in [0.717, 1.165) is 19.0 Å². The van der Waals surface area contributed by atoms with Gasteiger partial charge in [-0.1, -0.05) is 13.3 Å². The predicted octanol–water partition coefficient (Wildman–Crippen LogP) is 2.27. The van der Waals surface area contributed by atoms with Crippen molar-refractivity contribution in [3.63, 3.8) is 0 Å². The normalized spacial score (nSPS) is 14.2. The number of rotatable bonds is 4. The second kappa shape index (κ2) is 4.65. The van der Waals surface area contributed by atoms with Gasteiger partial charge in [-0.2, -0.15) is 13.2 Å². The largest absolute Gasteiger partial charge is 0.432 e. The number of imidazole rings is 1. The van der Waals surface area contributed by atoms with Crippen LogP contribution < -0.4 is 5.73 Å². The summed E-state index contributed by atoms with van der Waals surface area (Å²) in [6, 6.07) is 0. The molecular weight excluding hydrogens is 207 g/mol. The van der Waals surface area contributed by atoms with E-state index in [9.17, 15) is 13.2 Å². The molecule has 0 radical (unpaired) electrons. The molecule has 0 bridgehead atoms. The summed E-state index contributed by atoms with van der Waals surface area (Å²) in [6.45, 7) is 2.26. The fourth-order valence-corrected chi connectivity index (χ4v) is 1.40. The summed E-state index contributed by atoms with van der Waals surface area (Å²) in [6.07, 6.45) is -1.95. The molecule has 1 atom stereocenters. The lowest BCUT2D eigenvalue weighted by molar-refractivity contribution is -0.140. The van der Waals surface area contributed by atoms with Crippen molar-refractivity contribution in [3.05, 3.63) is 17.7 Å². The average molecular weight is 221 g/mol. The Labute approximate surface area is 85.9 Å². The van der Waals surface area contributed by atoms with E-state index in [4.69, 9.17) is 5.73 Å². The van der Waals surface area contributed by atoms with E-state index in [1.807, 2.05) is 6.92 Å². The van der Waals surface area contributed by atoms with Gasteiger partial charge in [0.25, 0.3) is 0 Å². The fraction of sp³-hybridized carbons (Fsp3) is 0.667. The summed E-state index contributed by atoms with van der Waals surface area (Å²) >= 11 is 0. The third kappa shape index (κ3) is 2.95. The van der Waals surface area contributed by atoms with Crippen LogP contribution in [0.1, 0.15) is 37.2 Å². The van der Waals surface area contributed by atoms with E-state index >= 15 is 0 Å². The summed E-state index contributed by atoms with van der Waals surface area (Å²) < 4.78 is 36.8. The number of nitrogens with zero attached hydrogens (tertiary/aromatic N) is 1. The van der Waals surface area contributed by atoms with Gasteiger partial charge in [0.05, 0.1) is 6.20 Å². The number of nitrogens with one attached hydrogen (secondary N) is 1. The van der Waals surface area contributed by atoms with Crippen molar-refractivity contribution in [2.45, 2.75) is 31.9 Å². The lowest BCUT2D eigenvalue weighted by Crippen LogP contribution is -2.14. The Kier molecular flexibility index (Phi) is 3.73. The number of alkyl halides is 3. The molecule has 0 amide bonds. The minimum absolute atomic E-state index is 0.119. The van der Waals surface area contributed by atoms with Crippen molar-refractivity contribution in [1.82, 2.24) is 9.97 Å². The average Bonchev–Trinajstić information content (AvgIpc) is 2.62. The van der Waals surface area contributed by atoms with Crippen molar-refractivity contribution in [2.75, 3.05) is 6.54 Å². The second-order valence-corrected chi connectivity index (χ2v) is 3.40. The van der Waals surface area contributed by atoms with Crippen LogP contribution in [0.3, 0.4) is 0 Å². The highest BCUT2D eigenvalue weighted by Gasteiger charge is 2.33. The van der Waals surface area contributed by atoms with E-state index < -0.39 is 11.9 Å². The number of nitrogens with two attached hydrogens (primary N) is 1. The van der Waals surface area contributed by atoms with Crippen LogP contribution in [0.4, 0.5) is 13.2 Å². The third-order valence-corrected chi connectivity index (χ3v) is 2.21. The monoisotopic (exact) mass is 221 g/mol. The van der Waals surface area contributed by atoms with Gasteiger partial charge < -0.3 is 10.7 Å². The van der Waals surface area contributed by atoms with Gasteiger partial charge in [-0.25, -0.2) is 4.98 Å². The summed E-state index contributed by atoms with van der Waals surface area (Å²) in [4.78, 5) is 5.99. The molecule has 0 aliphatic carbocycles. The van der Waals surface area contributed by atoms with Gasteiger partial charge in [-0.3, -0.25) is 0 Å². The van der Waals surface area contributed by atoms with Crippen LogP contribution in [0.2, 0.25) is 0 Å². The highest BCUT2D eigenvalue weighted by Crippen LogP contribution is 2.29. The Hall–Kier alpha value is -1.04. The van der Waals surface area contributed by atoms with Crippen molar-refractivity contribution in [3.8, 4) is 0 Å². The van der Waals surface area contributed by atoms with Crippen LogP contribution in [0.5, 0.6) is 0 Å². The first-order valence-electron chi connectivity index (χ1n) is 4.81. The number of hydrogen-bond acceptors (Lipinski definition) is 2. The molecule has 3 N–H and O–H groups in total. The molecule has 1 aromatic heterocycles. The van der Waals surface area contributed by atoms with Gasteiger partial charge in [-0.05, 0) is 6.42 Å². The van der Waals surface area contributed by atoms with Gasteiger partial charge in [0.15, 0.2) is 0 Å². The van der Waals surface area contributed by atoms with Crippen LogP contribution in [0, 0.1) is 0 Å². The number of aromatic amines is 1. The Morgan fingerprint density at radius 3 is 2.60 bits per heavy atom. The van der Waals surface area contributed by atoms with Crippen LogP contribution in [0.25, 0.3) is 0 Å². The van der Waals surface area contributed by atoms with E-state index in [0.29, 0.717) is 12.4 Å². The number of H-pyrrole nitrogens is 1. The quantitative estimate of drug-likeness (QED) is 0.819. The molecule has 0 saturated heterocycles. The number of halogens is 3. The van der Waals surface area contributed by atoms with Crippen LogP contribution in [-0.2, 0) is 6.18 Å². The Morgan fingerprint density at radius 2 is 2.20 bits per heavy atom. The van der Waals surface area contributed by atoms with E-state index in [-0.39, 0.29) is 5.92 Å². The Bertz CT molecular complexity index is 306. The number of aromatic nitrogens is 2. The van der Waals surface area contributed by atoms with Crippen molar-refractivity contribution in [2.24, 2.45) is 5.73 Å². The lowest BCUT2D eigenvalue weighted by Gasteiger charge is -2.10. The standard InChI is InChI=1S/C9H14F3N3/c1-2-3-6(4-13)8-14-5-7(15-8)9(10,11)12/h5-6H,2-4,13H2,1H3,(H,14,15). The molecule has 3 nitrogen and oxygen atoms in total. The van der Waals surface area contributed by atoms with Crippen LogP contribution >= 0.6 is 0 Å². The van der Waals surface area contributed by atoms with Gasteiger partial charge in [0.2, 0.25) is 0 Å². The maximum absolute atomic E-state index is 12.3. The molecule has 86 valence electrons. The number of hydrogen-bond donors (Lipinski definition) is 2. The summed E-state index contributed by atoms with van der Waals surface area (Å²) in [5.41, 5.74) is 4.66. The van der Waals surface area contributed by atoms with E-state index in [1.165, 1.54) is 0 Å². The SMILES string of the molecule is CCCC(CN)c1ncc(C(F)(F)F)[nH]1. The zero-order valence-electron chi connectivity index (χ0n) is 8.43. The second-order valence-electron chi connectivity index (χ2n) is 3.40. The van der Waals surface area contributed by atoms with Crippen LogP contribution in [0.15, 0.2) is 6.20 Å². The Morgan fingerprint density at radius 1 is 1.53 bits per heavy atom. The van der Waals surface area contributed by atoms with Crippen molar-refractivity contribution in [1.29, 1.82) is 0 Å². The zero-order valence-corrected chi connectivity index (χ0v) is 8.43. The minimum Gasteiger partial charge on any atom is -0.338 e. The summed E-state index contributed by atoms with van der Waals surface area (Å²) in [5, 5.41) is 0. The molecular formula is C9H14F3N3. The highest BCUT2D eigenvalue weighted by molar-refractivity contribution is 5.08. The van der Waals surface area contributed by atoms with Gasteiger partial charge in [0.1, 0.15) is 11.5 Å². The maximum Gasteiger partial charge on any atom is 0.432 e. The minimum atomic E-state index is -4.36. The molecule has 1 rings (SSSR count). The lowest BCUT2D eigenvalue weighted by atomic mass is 10.0. The van der Waals surface area contributed by atoms with E-state index in [1.54, 1.807) is 0 Å². The molecule has 0 aliphatic heterocycles. The smallest absolute Gasteiger partial charge is 0.338 e. The first-order chi connectivity index (χ1) is 6.99. The first-order valence-corrected chi connectivity index (χ1v) is 4.81. The topological polar surface area (TPSA) is 54.7 Å². The first kappa shape index (κ1) is 12.0. The molecule has 0 aromatic carbocycles. The van der Waals surface area contributed by atoms with E-state index in [2.05, 4.69) is 9.97 Å². The molecule has 1 aromatic rings. The maximum atomic E-state index is 12.3. The highest BCUT2D eigenvalue weighted by atomic mass is 19.4. The Balaban J connectivity index is 2.82. The molecule has 0 aliphatic rings. The van der Waals surface area contributed by atoms with Gasteiger partial charge in [0, 0.05) is 12.5 Å². The third-order valence-electron chi connectivity index (χ3n) is 2.21. The molecule has 15 heavy (non-hydrogen) atoms. The van der Waals surface area contributed by atoms with Crippen LogP contribution in [-0.4, -0.2) is 16.5 Å². The molecule has 6 heteroatoms.